The van der Waals surface area contributed by atoms with Gasteiger partial charge >= 0.3 is 0 Å². The molecule has 1 aliphatic rings. The Hall–Kier alpha value is -2.01. The van der Waals surface area contributed by atoms with E-state index in [9.17, 15) is 18.0 Å². The fourth-order valence-electron chi connectivity index (χ4n) is 3.02. The molecule has 1 fully saturated rings. The van der Waals surface area contributed by atoms with E-state index in [2.05, 4.69) is 10.0 Å². The summed E-state index contributed by atoms with van der Waals surface area (Å²) in [5.41, 5.74) is 0.325. The number of rotatable bonds is 9. The Bertz CT molecular complexity index is 805. The number of methoxy groups -OCH3 is 1. The maximum atomic E-state index is 12.8. The van der Waals surface area contributed by atoms with Crippen LogP contribution < -0.4 is 10.0 Å². The normalized spacial score (nSPS) is 15.5. The third-order valence-corrected chi connectivity index (χ3v) is 5.92. The first-order valence-electron chi connectivity index (χ1n) is 9.62. The molecule has 0 atom stereocenters. The van der Waals surface area contributed by atoms with E-state index in [1.807, 2.05) is 18.7 Å². The lowest BCUT2D eigenvalue weighted by atomic mass is 10.2. The molecule has 1 heterocycles. The number of carbonyl (C=O) groups is 2. The zero-order chi connectivity index (χ0) is 21.4. The predicted octanol–water partition coefficient (Wildman–Crippen LogP) is -0.106. The number of benzene rings is 1. The van der Waals surface area contributed by atoms with Crippen LogP contribution in [0.25, 0.3) is 0 Å². The number of hydrogen-bond donors (Lipinski definition) is 2. The van der Waals surface area contributed by atoms with E-state index in [0.717, 1.165) is 0 Å². The quantitative estimate of drug-likeness (QED) is 0.534. The van der Waals surface area contributed by atoms with Gasteiger partial charge in [-0.25, -0.2) is 13.1 Å². The zero-order valence-corrected chi connectivity index (χ0v) is 18.0. The average Bonchev–Trinajstić information content (AvgIpc) is 2.67. The van der Waals surface area contributed by atoms with Crippen molar-refractivity contribution in [3.63, 3.8) is 0 Å². The fraction of sp³-hybridized carbons (Fsp3) is 0.579. The standard InChI is InChI=1S/C19H30N4O5S/c1-15(2)21-18(24)14-22-8-10-23(11-9-22)19(25)16-5-4-6-17(13-16)29(26,27)20-7-12-28-3/h4-6,13,15,20H,7-12,14H2,1-3H3,(H,21,24). The molecule has 0 aromatic heterocycles. The molecular formula is C19H30N4O5S. The van der Waals surface area contributed by atoms with Gasteiger partial charge in [-0.3, -0.25) is 14.5 Å². The van der Waals surface area contributed by atoms with Gasteiger partial charge in [-0.15, -0.1) is 0 Å². The van der Waals surface area contributed by atoms with Crippen molar-refractivity contribution in [2.75, 3.05) is 53.0 Å². The smallest absolute Gasteiger partial charge is 0.253 e. The van der Waals surface area contributed by atoms with Crippen LogP contribution in [-0.4, -0.2) is 89.1 Å². The summed E-state index contributed by atoms with van der Waals surface area (Å²) in [6, 6.07) is 6.11. The number of carbonyl (C=O) groups excluding carboxylic acids is 2. The van der Waals surface area contributed by atoms with E-state index in [1.165, 1.54) is 19.2 Å². The van der Waals surface area contributed by atoms with Crippen LogP contribution in [0.3, 0.4) is 0 Å². The van der Waals surface area contributed by atoms with Crippen LogP contribution >= 0.6 is 0 Å². The molecule has 2 amide bonds. The SMILES string of the molecule is COCCNS(=O)(=O)c1cccc(C(=O)N2CCN(CC(=O)NC(C)C)CC2)c1. The van der Waals surface area contributed by atoms with Gasteiger partial charge in [-0.05, 0) is 32.0 Å². The highest BCUT2D eigenvalue weighted by Gasteiger charge is 2.24. The average molecular weight is 427 g/mol. The maximum absolute atomic E-state index is 12.8. The molecule has 0 aliphatic carbocycles. The minimum absolute atomic E-state index is 0.0290. The van der Waals surface area contributed by atoms with Crippen molar-refractivity contribution in [3.8, 4) is 0 Å². The summed E-state index contributed by atoms with van der Waals surface area (Å²) in [6.07, 6.45) is 0. The van der Waals surface area contributed by atoms with E-state index in [-0.39, 0.29) is 35.9 Å². The maximum Gasteiger partial charge on any atom is 0.253 e. The second kappa shape index (κ2) is 10.7. The molecular weight excluding hydrogens is 396 g/mol. The topological polar surface area (TPSA) is 108 Å². The Morgan fingerprint density at radius 2 is 1.86 bits per heavy atom. The summed E-state index contributed by atoms with van der Waals surface area (Å²) in [7, 11) is -2.21. The molecule has 1 aromatic carbocycles. The van der Waals surface area contributed by atoms with Crippen molar-refractivity contribution in [2.24, 2.45) is 0 Å². The summed E-state index contributed by atoms with van der Waals surface area (Å²) in [5.74, 6) is -0.246. The van der Waals surface area contributed by atoms with E-state index in [4.69, 9.17) is 4.74 Å². The van der Waals surface area contributed by atoms with Crippen molar-refractivity contribution < 1.29 is 22.7 Å². The molecule has 162 valence electrons. The molecule has 1 aliphatic heterocycles. The number of hydrogen-bond acceptors (Lipinski definition) is 6. The molecule has 1 aromatic rings. The second-order valence-corrected chi connectivity index (χ2v) is 8.98. The van der Waals surface area contributed by atoms with Crippen molar-refractivity contribution in [3.05, 3.63) is 29.8 Å². The first-order valence-corrected chi connectivity index (χ1v) is 11.1. The number of nitrogens with one attached hydrogen (secondary N) is 2. The van der Waals surface area contributed by atoms with Gasteiger partial charge in [0, 0.05) is 51.4 Å². The van der Waals surface area contributed by atoms with Gasteiger partial charge in [0.2, 0.25) is 15.9 Å². The third kappa shape index (κ3) is 7.07. The Kier molecular flexibility index (Phi) is 8.57. The van der Waals surface area contributed by atoms with Gasteiger partial charge in [0.1, 0.15) is 0 Å². The Morgan fingerprint density at radius 1 is 1.17 bits per heavy atom. The van der Waals surface area contributed by atoms with Crippen molar-refractivity contribution >= 4 is 21.8 Å². The number of sulfonamides is 1. The monoisotopic (exact) mass is 426 g/mol. The molecule has 0 radical (unpaired) electrons. The van der Waals surface area contributed by atoms with Gasteiger partial charge in [0.25, 0.3) is 5.91 Å². The number of ether oxygens (including phenoxy) is 1. The summed E-state index contributed by atoms with van der Waals surface area (Å²) >= 11 is 0. The molecule has 29 heavy (non-hydrogen) atoms. The van der Waals surface area contributed by atoms with E-state index in [0.29, 0.717) is 38.3 Å². The lowest BCUT2D eigenvalue weighted by Gasteiger charge is -2.34. The van der Waals surface area contributed by atoms with Crippen LogP contribution in [0.4, 0.5) is 0 Å². The Morgan fingerprint density at radius 3 is 2.48 bits per heavy atom. The summed E-state index contributed by atoms with van der Waals surface area (Å²) < 4.78 is 32.0. The summed E-state index contributed by atoms with van der Waals surface area (Å²) in [5, 5.41) is 2.86. The minimum atomic E-state index is -3.70. The molecule has 0 spiro atoms. The number of piperazine rings is 1. The van der Waals surface area contributed by atoms with Gasteiger partial charge in [0.05, 0.1) is 18.0 Å². The Labute approximate surface area is 172 Å². The van der Waals surface area contributed by atoms with E-state index in [1.54, 1.807) is 17.0 Å². The van der Waals surface area contributed by atoms with Gasteiger partial charge in [0.15, 0.2) is 0 Å². The van der Waals surface area contributed by atoms with Crippen LogP contribution in [-0.2, 0) is 19.6 Å². The Balaban J connectivity index is 1.95. The molecule has 0 bridgehead atoms. The highest BCUT2D eigenvalue weighted by Crippen LogP contribution is 2.14. The van der Waals surface area contributed by atoms with Crippen molar-refractivity contribution in [1.29, 1.82) is 0 Å². The summed E-state index contributed by atoms with van der Waals surface area (Å²) in [6.45, 7) is 6.70. The largest absolute Gasteiger partial charge is 0.383 e. The van der Waals surface area contributed by atoms with Crippen LogP contribution in [0, 0.1) is 0 Å². The summed E-state index contributed by atoms with van der Waals surface area (Å²) in [4.78, 5) is 28.4. The zero-order valence-electron chi connectivity index (χ0n) is 17.2. The van der Waals surface area contributed by atoms with Crippen LogP contribution in [0.5, 0.6) is 0 Å². The van der Waals surface area contributed by atoms with Crippen molar-refractivity contribution in [2.45, 2.75) is 24.8 Å². The molecule has 1 saturated heterocycles. The second-order valence-electron chi connectivity index (χ2n) is 7.21. The van der Waals surface area contributed by atoms with Crippen molar-refractivity contribution in [1.82, 2.24) is 19.8 Å². The first kappa shape index (κ1) is 23.3. The molecule has 10 heteroatoms. The molecule has 9 nitrogen and oxygen atoms in total. The van der Waals surface area contributed by atoms with Gasteiger partial charge in [-0.1, -0.05) is 6.07 Å². The molecule has 0 saturated carbocycles. The van der Waals surface area contributed by atoms with Gasteiger partial charge < -0.3 is 15.0 Å². The van der Waals surface area contributed by atoms with E-state index < -0.39 is 10.0 Å². The first-order chi connectivity index (χ1) is 13.7. The molecule has 2 rings (SSSR count). The van der Waals surface area contributed by atoms with Crippen LogP contribution in [0.15, 0.2) is 29.2 Å². The highest BCUT2D eigenvalue weighted by molar-refractivity contribution is 7.89. The van der Waals surface area contributed by atoms with Crippen LogP contribution in [0.2, 0.25) is 0 Å². The molecule has 0 unspecified atom stereocenters. The lowest BCUT2D eigenvalue weighted by molar-refractivity contribution is -0.123. The van der Waals surface area contributed by atoms with E-state index >= 15 is 0 Å². The predicted molar refractivity (Wildman–Crippen MR) is 109 cm³/mol. The number of nitrogens with zero attached hydrogens (tertiary/aromatic N) is 2. The fourth-order valence-corrected chi connectivity index (χ4v) is 4.08. The highest BCUT2D eigenvalue weighted by atomic mass is 32.2. The number of amides is 2. The lowest BCUT2D eigenvalue weighted by Crippen LogP contribution is -2.51. The van der Waals surface area contributed by atoms with Crippen LogP contribution in [0.1, 0.15) is 24.2 Å². The minimum Gasteiger partial charge on any atom is -0.383 e. The third-order valence-electron chi connectivity index (χ3n) is 4.47. The molecule has 2 N–H and O–H groups in total. The van der Waals surface area contributed by atoms with Gasteiger partial charge in [-0.2, -0.15) is 0 Å².